The minimum absolute atomic E-state index is 0.230. The van der Waals surface area contributed by atoms with E-state index >= 15 is 0 Å². The Morgan fingerprint density at radius 1 is 0.800 bits per heavy atom. The molecule has 0 aliphatic heterocycles. The van der Waals surface area contributed by atoms with Gasteiger partial charge < -0.3 is 10.6 Å². The van der Waals surface area contributed by atoms with Crippen LogP contribution in [0.2, 0.25) is 5.02 Å². The van der Waals surface area contributed by atoms with Crippen LogP contribution in [0.25, 0.3) is 0 Å². The molecule has 0 spiro atoms. The molecule has 0 aromatic heterocycles. The minimum Gasteiger partial charge on any atom is -0.318 e. The van der Waals surface area contributed by atoms with Crippen LogP contribution >= 0.6 is 11.6 Å². The van der Waals surface area contributed by atoms with E-state index in [0.29, 0.717) is 10.7 Å². The van der Waals surface area contributed by atoms with Gasteiger partial charge >= 0.3 is 11.8 Å². The van der Waals surface area contributed by atoms with E-state index in [1.807, 2.05) is 18.2 Å². The maximum Gasteiger partial charge on any atom is 0.314 e. The van der Waals surface area contributed by atoms with E-state index < -0.39 is 11.8 Å². The van der Waals surface area contributed by atoms with E-state index in [4.69, 9.17) is 11.6 Å². The Bertz CT molecular complexity index is 742. The van der Waals surface area contributed by atoms with Crippen LogP contribution in [0.4, 0.5) is 11.4 Å². The number of benzene rings is 2. The molecule has 0 aliphatic carbocycles. The van der Waals surface area contributed by atoms with Crippen LogP contribution in [-0.2, 0) is 9.59 Å². The third-order valence-corrected chi connectivity index (χ3v) is 4.17. The number of para-hydroxylation sites is 1. The Kier molecular flexibility index (Phi) is 6.21. The number of hydrogen-bond donors (Lipinski definition) is 2. The number of rotatable bonds is 4. The predicted molar refractivity (Wildman–Crippen MR) is 103 cm³/mol. The van der Waals surface area contributed by atoms with Gasteiger partial charge in [0.1, 0.15) is 0 Å². The van der Waals surface area contributed by atoms with E-state index in [-0.39, 0.29) is 11.8 Å². The molecule has 2 aromatic rings. The lowest BCUT2D eigenvalue weighted by Crippen LogP contribution is -2.30. The van der Waals surface area contributed by atoms with E-state index in [1.165, 1.54) is 0 Å². The number of carbonyl (C=O) groups excluding carboxylic acids is 2. The van der Waals surface area contributed by atoms with Gasteiger partial charge in [0, 0.05) is 16.4 Å². The monoisotopic (exact) mass is 358 g/mol. The molecule has 0 fully saturated rings. The Labute approximate surface area is 153 Å². The lowest BCUT2D eigenvalue weighted by molar-refractivity contribution is -0.133. The topological polar surface area (TPSA) is 58.2 Å². The van der Waals surface area contributed by atoms with E-state index in [9.17, 15) is 9.59 Å². The average molecular weight is 359 g/mol. The maximum absolute atomic E-state index is 12.4. The standard InChI is InChI=1S/C20H23ClN2O2/c1-12(2)16-6-5-7-17(13(3)4)18(16)23-20(25)19(24)22-15-10-8-14(21)9-11-15/h5-13H,1-4H3,(H,22,24)(H,23,25). The maximum atomic E-state index is 12.4. The smallest absolute Gasteiger partial charge is 0.314 e. The summed E-state index contributed by atoms with van der Waals surface area (Å²) in [5.74, 6) is -0.942. The van der Waals surface area contributed by atoms with Crippen LogP contribution in [0.5, 0.6) is 0 Å². The lowest BCUT2D eigenvalue weighted by Gasteiger charge is -2.20. The number of halogens is 1. The molecule has 5 heteroatoms. The second kappa shape index (κ2) is 8.17. The van der Waals surface area contributed by atoms with Gasteiger partial charge in [-0.2, -0.15) is 0 Å². The van der Waals surface area contributed by atoms with Gasteiger partial charge in [0.15, 0.2) is 0 Å². The minimum atomic E-state index is -0.712. The van der Waals surface area contributed by atoms with Crippen LogP contribution in [0.1, 0.15) is 50.7 Å². The largest absolute Gasteiger partial charge is 0.318 e. The van der Waals surface area contributed by atoms with Gasteiger partial charge in [-0.05, 0) is 47.2 Å². The molecule has 0 aliphatic rings. The van der Waals surface area contributed by atoms with Crippen LogP contribution in [0.15, 0.2) is 42.5 Å². The van der Waals surface area contributed by atoms with E-state index in [0.717, 1.165) is 16.8 Å². The molecule has 0 unspecified atom stereocenters. The molecule has 0 saturated carbocycles. The number of amides is 2. The van der Waals surface area contributed by atoms with Crippen molar-refractivity contribution in [1.82, 2.24) is 0 Å². The number of hydrogen-bond acceptors (Lipinski definition) is 2. The summed E-state index contributed by atoms with van der Waals surface area (Å²) >= 11 is 5.82. The molecule has 2 N–H and O–H groups in total. The summed E-state index contributed by atoms with van der Waals surface area (Å²) in [5.41, 5.74) is 3.27. The molecule has 0 saturated heterocycles. The summed E-state index contributed by atoms with van der Waals surface area (Å²) < 4.78 is 0. The van der Waals surface area contributed by atoms with Gasteiger partial charge in [-0.1, -0.05) is 57.5 Å². The summed E-state index contributed by atoms with van der Waals surface area (Å²) in [7, 11) is 0. The third kappa shape index (κ3) is 4.83. The van der Waals surface area contributed by atoms with Crippen molar-refractivity contribution in [1.29, 1.82) is 0 Å². The molecular formula is C20H23ClN2O2. The van der Waals surface area contributed by atoms with Crippen molar-refractivity contribution in [2.45, 2.75) is 39.5 Å². The Morgan fingerprint density at radius 2 is 1.28 bits per heavy atom. The van der Waals surface area contributed by atoms with Crippen LogP contribution < -0.4 is 10.6 Å². The van der Waals surface area contributed by atoms with Gasteiger partial charge in [0.2, 0.25) is 0 Å². The van der Waals surface area contributed by atoms with Gasteiger partial charge in [-0.3, -0.25) is 9.59 Å². The van der Waals surface area contributed by atoms with Gasteiger partial charge in [-0.15, -0.1) is 0 Å². The molecular weight excluding hydrogens is 336 g/mol. The number of nitrogens with one attached hydrogen (secondary N) is 2. The fourth-order valence-electron chi connectivity index (χ4n) is 2.59. The number of anilines is 2. The van der Waals surface area contributed by atoms with Gasteiger partial charge in [0.25, 0.3) is 0 Å². The molecule has 2 amide bonds. The zero-order valence-electron chi connectivity index (χ0n) is 14.9. The first kappa shape index (κ1) is 19.0. The van der Waals surface area contributed by atoms with Crippen molar-refractivity contribution in [2.75, 3.05) is 10.6 Å². The molecule has 132 valence electrons. The summed E-state index contributed by atoms with van der Waals surface area (Å²) in [4.78, 5) is 24.6. The highest BCUT2D eigenvalue weighted by molar-refractivity contribution is 6.43. The zero-order chi connectivity index (χ0) is 18.6. The lowest BCUT2D eigenvalue weighted by atomic mass is 9.92. The zero-order valence-corrected chi connectivity index (χ0v) is 15.6. The second-order valence-corrected chi connectivity index (χ2v) is 6.97. The fraction of sp³-hybridized carbons (Fsp3) is 0.300. The Hall–Kier alpha value is -2.33. The molecule has 0 radical (unpaired) electrons. The molecule has 0 atom stereocenters. The van der Waals surface area contributed by atoms with Crippen molar-refractivity contribution in [3.05, 3.63) is 58.6 Å². The van der Waals surface area contributed by atoms with E-state index in [2.05, 4.69) is 38.3 Å². The third-order valence-electron chi connectivity index (χ3n) is 3.92. The first-order valence-corrected chi connectivity index (χ1v) is 8.68. The summed E-state index contributed by atoms with van der Waals surface area (Å²) in [5, 5.41) is 5.94. The van der Waals surface area contributed by atoms with Crippen LogP contribution in [0, 0.1) is 0 Å². The summed E-state index contributed by atoms with van der Waals surface area (Å²) in [6, 6.07) is 12.5. The second-order valence-electron chi connectivity index (χ2n) is 6.54. The SMILES string of the molecule is CC(C)c1cccc(C(C)C)c1NC(=O)C(=O)Nc1ccc(Cl)cc1. The normalized spacial score (nSPS) is 10.8. The van der Waals surface area contributed by atoms with Crippen molar-refractivity contribution in [3.8, 4) is 0 Å². The Balaban J connectivity index is 2.21. The molecule has 4 nitrogen and oxygen atoms in total. The van der Waals surface area contributed by atoms with Gasteiger partial charge in [0.05, 0.1) is 0 Å². The van der Waals surface area contributed by atoms with Crippen LogP contribution in [-0.4, -0.2) is 11.8 Å². The van der Waals surface area contributed by atoms with Crippen molar-refractivity contribution >= 4 is 34.8 Å². The molecule has 2 rings (SSSR count). The fourth-order valence-corrected chi connectivity index (χ4v) is 2.71. The van der Waals surface area contributed by atoms with Crippen LogP contribution in [0.3, 0.4) is 0 Å². The summed E-state index contributed by atoms with van der Waals surface area (Å²) in [6.45, 7) is 8.23. The molecule has 0 bridgehead atoms. The number of carbonyl (C=O) groups is 2. The summed E-state index contributed by atoms with van der Waals surface area (Å²) in [6.07, 6.45) is 0. The predicted octanol–water partition coefficient (Wildman–Crippen LogP) is 5.16. The van der Waals surface area contributed by atoms with Crippen molar-refractivity contribution in [2.24, 2.45) is 0 Å². The first-order valence-electron chi connectivity index (χ1n) is 8.30. The average Bonchev–Trinajstić information content (AvgIpc) is 2.56. The first-order chi connectivity index (χ1) is 11.8. The van der Waals surface area contributed by atoms with E-state index in [1.54, 1.807) is 24.3 Å². The molecule has 25 heavy (non-hydrogen) atoms. The van der Waals surface area contributed by atoms with Crippen molar-refractivity contribution < 1.29 is 9.59 Å². The quantitative estimate of drug-likeness (QED) is 0.741. The highest BCUT2D eigenvalue weighted by Crippen LogP contribution is 2.32. The molecule has 2 aromatic carbocycles. The van der Waals surface area contributed by atoms with Crippen molar-refractivity contribution in [3.63, 3.8) is 0 Å². The van der Waals surface area contributed by atoms with Gasteiger partial charge in [-0.25, -0.2) is 0 Å². The Morgan fingerprint density at radius 3 is 1.76 bits per heavy atom. The highest BCUT2D eigenvalue weighted by atomic mass is 35.5. The molecule has 0 heterocycles. The highest BCUT2D eigenvalue weighted by Gasteiger charge is 2.20.